The first-order chi connectivity index (χ1) is 15.2. The third-order valence-electron chi connectivity index (χ3n) is 4.63. The predicted octanol–water partition coefficient (Wildman–Crippen LogP) is 4.03. The molecule has 0 aliphatic carbocycles. The van der Waals surface area contributed by atoms with Crippen LogP contribution in [0.3, 0.4) is 0 Å². The van der Waals surface area contributed by atoms with Gasteiger partial charge in [0.25, 0.3) is 5.95 Å². The van der Waals surface area contributed by atoms with Crippen molar-refractivity contribution in [2.75, 3.05) is 5.32 Å². The van der Waals surface area contributed by atoms with Crippen LogP contribution in [0.1, 0.15) is 11.1 Å². The van der Waals surface area contributed by atoms with Crippen LogP contribution >= 0.6 is 0 Å². The molecule has 0 bridgehead atoms. The van der Waals surface area contributed by atoms with Crippen LogP contribution in [0.25, 0.3) is 0 Å². The maximum atomic E-state index is 13.2. The van der Waals surface area contributed by atoms with Crippen molar-refractivity contribution in [3.63, 3.8) is 0 Å². The molecule has 0 unspecified atom stereocenters. The molecule has 3 aromatic carbocycles. The number of nitrogens with zero attached hydrogens (tertiary/aromatic N) is 3. The number of aryl methyl sites for hydroxylation is 2. The summed E-state index contributed by atoms with van der Waals surface area (Å²) in [7, 11) is -4.09. The van der Waals surface area contributed by atoms with E-state index in [1.807, 2.05) is 26.0 Å². The molecule has 9 nitrogen and oxygen atoms in total. The first-order valence-corrected chi connectivity index (χ1v) is 10.9. The van der Waals surface area contributed by atoms with Crippen LogP contribution in [-0.4, -0.2) is 34.1 Å². The molecule has 32 heavy (non-hydrogen) atoms. The fraction of sp³-hybridized carbons (Fsp3) is 0.0952. The van der Waals surface area contributed by atoms with E-state index in [9.17, 15) is 17.9 Å². The number of hydrogen-bond donors (Lipinski definition) is 3. The monoisotopic (exact) mass is 455 g/mol. The minimum atomic E-state index is -4.09. The van der Waals surface area contributed by atoms with Gasteiger partial charge >= 0.3 is 0 Å². The van der Waals surface area contributed by atoms with Crippen LogP contribution in [0.2, 0.25) is 0 Å². The fourth-order valence-electron chi connectivity index (χ4n) is 3.16. The van der Waals surface area contributed by atoms with Crippen LogP contribution in [0.15, 0.2) is 64.4 Å². The van der Waals surface area contributed by atoms with Gasteiger partial charge < -0.3 is 15.2 Å². The predicted molar refractivity (Wildman–Crippen MR) is 113 cm³/mol. The molecule has 4 aromatic rings. The molecule has 0 aliphatic rings. The van der Waals surface area contributed by atoms with Gasteiger partial charge in [-0.3, -0.25) is 0 Å². The lowest BCUT2D eigenvalue weighted by molar-refractivity contribution is 0.447. The summed E-state index contributed by atoms with van der Waals surface area (Å²) in [5, 5.41) is 26.7. The fourth-order valence-corrected chi connectivity index (χ4v) is 4.52. The zero-order chi connectivity index (χ0) is 22.9. The van der Waals surface area contributed by atoms with E-state index in [0.29, 0.717) is 11.7 Å². The minimum Gasteiger partial charge on any atom is -0.507 e. The molecule has 1 aromatic heterocycles. The molecule has 0 amide bonds. The summed E-state index contributed by atoms with van der Waals surface area (Å²) in [6, 6.07) is 11.9. The van der Waals surface area contributed by atoms with Crippen molar-refractivity contribution in [3.8, 4) is 17.2 Å². The van der Waals surface area contributed by atoms with Crippen LogP contribution in [0.4, 0.5) is 16.0 Å². The van der Waals surface area contributed by atoms with Gasteiger partial charge in [0.05, 0.1) is 4.90 Å². The van der Waals surface area contributed by atoms with Crippen molar-refractivity contribution >= 4 is 21.5 Å². The van der Waals surface area contributed by atoms with Gasteiger partial charge in [-0.25, -0.2) is 12.8 Å². The maximum Gasteiger partial charge on any atom is 0.267 e. The second-order valence-corrected chi connectivity index (χ2v) is 8.91. The smallest absolute Gasteiger partial charge is 0.267 e. The number of phenols is 1. The number of aromatic amines is 1. The number of anilines is 2. The molecule has 1 heterocycles. The first-order valence-electron chi connectivity index (χ1n) is 9.37. The molecule has 3 N–H and O–H groups in total. The summed E-state index contributed by atoms with van der Waals surface area (Å²) in [5.41, 5.74) is 2.26. The number of phenolic OH excluding ortho intramolecular Hbond substituents is 1. The number of H-pyrrole nitrogens is 1. The Hall–Kier alpha value is -3.99. The summed E-state index contributed by atoms with van der Waals surface area (Å²) >= 11 is 0. The standard InChI is InChI=1S/C21H18FN5O4S/c1-12-9-15(23-21-24-26-27-25-21)10-13(2)20(12)31-16-5-8-18(28)19(11-16)32(29,30)17-6-3-14(22)4-7-17/h3-11,28H,1-2H3,(H2,23,24,25,26,27). The second kappa shape index (κ2) is 8.27. The van der Waals surface area contributed by atoms with Gasteiger partial charge in [-0.2, -0.15) is 5.21 Å². The Labute approximate surface area is 182 Å². The van der Waals surface area contributed by atoms with Crippen molar-refractivity contribution in [3.05, 3.63) is 71.5 Å². The van der Waals surface area contributed by atoms with E-state index in [-0.39, 0.29) is 15.5 Å². The molecule has 11 heteroatoms. The lowest BCUT2D eigenvalue weighted by atomic mass is 10.1. The number of nitrogens with one attached hydrogen (secondary N) is 2. The van der Waals surface area contributed by atoms with Crippen molar-refractivity contribution in [1.29, 1.82) is 0 Å². The number of rotatable bonds is 6. The molecule has 0 fully saturated rings. The summed E-state index contributed by atoms with van der Waals surface area (Å²) < 4.78 is 45.0. The Morgan fingerprint density at radius 2 is 1.72 bits per heavy atom. The Morgan fingerprint density at radius 3 is 2.34 bits per heavy atom. The third-order valence-corrected chi connectivity index (χ3v) is 6.43. The van der Waals surface area contributed by atoms with E-state index in [1.165, 1.54) is 18.2 Å². The van der Waals surface area contributed by atoms with Crippen LogP contribution < -0.4 is 10.1 Å². The zero-order valence-electron chi connectivity index (χ0n) is 17.0. The maximum absolute atomic E-state index is 13.2. The van der Waals surface area contributed by atoms with Gasteiger partial charge in [0.1, 0.15) is 28.0 Å². The van der Waals surface area contributed by atoms with Gasteiger partial charge in [0, 0.05) is 11.8 Å². The first kappa shape index (κ1) is 21.2. The highest BCUT2D eigenvalue weighted by Crippen LogP contribution is 2.36. The molecule has 0 spiro atoms. The lowest BCUT2D eigenvalue weighted by Crippen LogP contribution is -2.03. The van der Waals surface area contributed by atoms with Crippen molar-refractivity contribution in [2.24, 2.45) is 0 Å². The number of sulfone groups is 1. The molecular formula is C21H18FN5O4S. The molecular weight excluding hydrogens is 437 g/mol. The molecule has 0 atom stereocenters. The highest BCUT2D eigenvalue weighted by Gasteiger charge is 2.23. The molecule has 0 saturated heterocycles. The molecule has 4 rings (SSSR count). The highest BCUT2D eigenvalue weighted by atomic mass is 32.2. The zero-order valence-corrected chi connectivity index (χ0v) is 17.8. The van der Waals surface area contributed by atoms with E-state index < -0.39 is 21.4 Å². The van der Waals surface area contributed by atoms with Crippen molar-refractivity contribution in [1.82, 2.24) is 20.6 Å². The number of tetrazole rings is 1. The van der Waals surface area contributed by atoms with Gasteiger partial charge in [0.2, 0.25) is 9.84 Å². The van der Waals surface area contributed by atoms with Gasteiger partial charge in [0.15, 0.2) is 0 Å². The van der Waals surface area contributed by atoms with Gasteiger partial charge in [-0.1, -0.05) is 5.10 Å². The Bertz CT molecular complexity index is 1350. The summed E-state index contributed by atoms with van der Waals surface area (Å²) in [5.74, 6) is 0.0583. The summed E-state index contributed by atoms with van der Waals surface area (Å²) in [4.78, 5) is -0.483. The number of ether oxygens (including phenoxy) is 1. The Morgan fingerprint density at radius 1 is 1.03 bits per heavy atom. The number of aromatic hydroxyl groups is 1. The van der Waals surface area contributed by atoms with Crippen molar-refractivity contribution < 1.29 is 22.7 Å². The summed E-state index contributed by atoms with van der Waals surface area (Å²) in [6.07, 6.45) is 0. The number of hydrogen-bond acceptors (Lipinski definition) is 8. The Kier molecular flexibility index (Phi) is 5.49. The Balaban J connectivity index is 1.65. The molecule has 0 radical (unpaired) electrons. The van der Waals surface area contributed by atoms with Crippen LogP contribution in [-0.2, 0) is 9.84 Å². The quantitative estimate of drug-likeness (QED) is 0.372. The van der Waals surface area contributed by atoms with Crippen LogP contribution in [0, 0.1) is 19.7 Å². The molecule has 0 aliphatic heterocycles. The molecule has 164 valence electrons. The van der Waals surface area contributed by atoms with E-state index in [0.717, 1.165) is 41.1 Å². The summed E-state index contributed by atoms with van der Waals surface area (Å²) in [6.45, 7) is 3.67. The van der Waals surface area contributed by atoms with E-state index in [1.54, 1.807) is 0 Å². The number of halogens is 1. The van der Waals surface area contributed by atoms with Gasteiger partial charge in [-0.05, 0) is 78.7 Å². The number of benzene rings is 3. The normalized spacial score (nSPS) is 11.3. The molecule has 0 saturated carbocycles. The average Bonchev–Trinajstić information content (AvgIpc) is 3.25. The second-order valence-electron chi connectivity index (χ2n) is 6.99. The average molecular weight is 455 g/mol. The van der Waals surface area contributed by atoms with E-state index >= 15 is 0 Å². The SMILES string of the molecule is Cc1cc(Nc2nn[nH]n2)cc(C)c1Oc1ccc(O)c(S(=O)(=O)c2ccc(F)cc2)c1. The van der Waals surface area contributed by atoms with Crippen molar-refractivity contribution in [2.45, 2.75) is 23.6 Å². The largest absolute Gasteiger partial charge is 0.507 e. The van der Waals surface area contributed by atoms with Gasteiger partial charge in [-0.15, -0.1) is 5.10 Å². The highest BCUT2D eigenvalue weighted by molar-refractivity contribution is 7.91. The third kappa shape index (κ3) is 4.23. The minimum absolute atomic E-state index is 0.143. The topological polar surface area (TPSA) is 130 Å². The van der Waals surface area contributed by atoms with E-state index in [2.05, 4.69) is 25.9 Å². The number of aromatic nitrogens is 4. The van der Waals surface area contributed by atoms with Crippen LogP contribution in [0.5, 0.6) is 17.2 Å². The van der Waals surface area contributed by atoms with E-state index in [4.69, 9.17) is 4.74 Å². The lowest BCUT2D eigenvalue weighted by Gasteiger charge is -2.15.